The van der Waals surface area contributed by atoms with Crippen LogP contribution >= 0.6 is 0 Å². The average Bonchev–Trinajstić information content (AvgIpc) is 2.44. The molecule has 0 N–H and O–H groups in total. The van der Waals surface area contributed by atoms with Crippen molar-refractivity contribution in [1.82, 2.24) is 4.90 Å². The van der Waals surface area contributed by atoms with Crippen LogP contribution in [0.1, 0.15) is 41.0 Å². The van der Waals surface area contributed by atoms with E-state index in [1.165, 1.54) is 4.90 Å². The fourth-order valence-corrected chi connectivity index (χ4v) is 2.67. The van der Waals surface area contributed by atoms with Crippen LogP contribution in [0.3, 0.4) is 0 Å². The van der Waals surface area contributed by atoms with E-state index in [1.54, 1.807) is 0 Å². The van der Waals surface area contributed by atoms with E-state index in [9.17, 15) is 9.59 Å². The van der Waals surface area contributed by atoms with Gasteiger partial charge in [0.2, 0.25) is 0 Å². The van der Waals surface area contributed by atoms with Crippen LogP contribution in [0.2, 0.25) is 0 Å². The molecule has 0 atom stereocenters. The van der Waals surface area contributed by atoms with Crippen molar-refractivity contribution in [2.24, 2.45) is 5.92 Å². The molecule has 0 aromatic heterocycles. The van der Waals surface area contributed by atoms with E-state index in [1.807, 2.05) is 36.4 Å². The standard InChI is InChI=1S/C17H17NO2/c1-11(2)9-10-18-16(19)13-7-3-5-12-6-4-8-14(15(12)13)17(18)20/h3-8,11H,9-10H2,1-2H3. The Morgan fingerprint density at radius 1 is 0.950 bits per heavy atom. The van der Waals surface area contributed by atoms with Gasteiger partial charge < -0.3 is 0 Å². The Balaban J connectivity index is 2.11. The van der Waals surface area contributed by atoms with Gasteiger partial charge in [-0.05, 0) is 29.9 Å². The molecule has 2 amide bonds. The topological polar surface area (TPSA) is 37.4 Å². The summed E-state index contributed by atoms with van der Waals surface area (Å²) in [5.74, 6) is 0.128. The van der Waals surface area contributed by atoms with Crippen LogP contribution in [0.5, 0.6) is 0 Å². The van der Waals surface area contributed by atoms with Crippen molar-refractivity contribution in [3.05, 3.63) is 47.5 Å². The molecule has 0 fully saturated rings. The second kappa shape index (κ2) is 4.75. The summed E-state index contributed by atoms with van der Waals surface area (Å²) in [4.78, 5) is 26.4. The molecule has 0 radical (unpaired) electrons. The zero-order valence-corrected chi connectivity index (χ0v) is 11.7. The lowest BCUT2D eigenvalue weighted by Crippen LogP contribution is -2.41. The van der Waals surface area contributed by atoms with E-state index in [2.05, 4.69) is 13.8 Å². The van der Waals surface area contributed by atoms with E-state index >= 15 is 0 Å². The molecule has 0 saturated carbocycles. The van der Waals surface area contributed by atoms with Gasteiger partial charge in [-0.1, -0.05) is 38.1 Å². The molecule has 20 heavy (non-hydrogen) atoms. The van der Waals surface area contributed by atoms with Gasteiger partial charge in [0.25, 0.3) is 11.8 Å². The van der Waals surface area contributed by atoms with Crippen LogP contribution in [0.25, 0.3) is 10.8 Å². The van der Waals surface area contributed by atoms with Gasteiger partial charge in [0, 0.05) is 23.1 Å². The number of rotatable bonds is 3. The summed E-state index contributed by atoms with van der Waals surface area (Å²) < 4.78 is 0. The molecule has 0 bridgehead atoms. The minimum absolute atomic E-state index is 0.167. The number of amides is 2. The number of nitrogens with zero attached hydrogens (tertiary/aromatic N) is 1. The normalized spacial score (nSPS) is 14.4. The van der Waals surface area contributed by atoms with Crippen molar-refractivity contribution in [1.29, 1.82) is 0 Å². The summed E-state index contributed by atoms with van der Waals surface area (Å²) in [6.45, 7) is 4.67. The summed E-state index contributed by atoms with van der Waals surface area (Å²) >= 11 is 0. The highest BCUT2D eigenvalue weighted by atomic mass is 16.2. The molecule has 3 heteroatoms. The van der Waals surface area contributed by atoms with Gasteiger partial charge in [0.05, 0.1) is 0 Å². The van der Waals surface area contributed by atoms with E-state index in [4.69, 9.17) is 0 Å². The average molecular weight is 267 g/mol. The van der Waals surface area contributed by atoms with Gasteiger partial charge in [-0.3, -0.25) is 14.5 Å². The second-order valence-electron chi connectivity index (χ2n) is 5.65. The Bertz CT molecular complexity index is 652. The first-order valence-electron chi connectivity index (χ1n) is 6.97. The molecule has 2 aromatic carbocycles. The molecular formula is C17H17NO2. The molecule has 3 nitrogen and oxygen atoms in total. The van der Waals surface area contributed by atoms with E-state index in [0.29, 0.717) is 23.6 Å². The molecule has 1 aliphatic rings. The second-order valence-corrected chi connectivity index (χ2v) is 5.65. The zero-order valence-electron chi connectivity index (χ0n) is 11.7. The Hall–Kier alpha value is -2.16. The van der Waals surface area contributed by atoms with Gasteiger partial charge >= 0.3 is 0 Å². The molecule has 0 aliphatic carbocycles. The monoisotopic (exact) mass is 267 g/mol. The fourth-order valence-electron chi connectivity index (χ4n) is 2.67. The number of benzene rings is 2. The maximum absolute atomic E-state index is 12.5. The van der Waals surface area contributed by atoms with Gasteiger partial charge in [0.15, 0.2) is 0 Å². The fraction of sp³-hybridized carbons (Fsp3) is 0.294. The highest BCUT2D eigenvalue weighted by Crippen LogP contribution is 2.30. The number of carbonyl (C=O) groups is 2. The summed E-state index contributed by atoms with van der Waals surface area (Å²) in [6, 6.07) is 11.2. The van der Waals surface area contributed by atoms with Crippen LogP contribution in [0, 0.1) is 5.92 Å². The van der Waals surface area contributed by atoms with Crippen molar-refractivity contribution >= 4 is 22.6 Å². The number of imide groups is 1. The first-order valence-corrected chi connectivity index (χ1v) is 6.97. The third kappa shape index (κ3) is 1.90. The zero-order chi connectivity index (χ0) is 14.3. The first-order chi connectivity index (χ1) is 9.59. The Labute approximate surface area is 118 Å². The highest BCUT2D eigenvalue weighted by molar-refractivity contribution is 6.25. The largest absolute Gasteiger partial charge is 0.274 e. The van der Waals surface area contributed by atoms with E-state index in [-0.39, 0.29) is 11.8 Å². The predicted molar refractivity (Wildman–Crippen MR) is 78.8 cm³/mol. The summed E-state index contributed by atoms with van der Waals surface area (Å²) in [7, 11) is 0. The van der Waals surface area contributed by atoms with Gasteiger partial charge in [0.1, 0.15) is 0 Å². The maximum atomic E-state index is 12.5. The third-order valence-electron chi connectivity index (χ3n) is 3.79. The van der Waals surface area contributed by atoms with Crippen molar-refractivity contribution in [3.8, 4) is 0 Å². The Morgan fingerprint density at radius 3 is 2.00 bits per heavy atom. The van der Waals surface area contributed by atoms with Crippen LogP contribution in [0.4, 0.5) is 0 Å². The third-order valence-corrected chi connectivity index (χ3v) is 3.79. The molecule has 1 aliphatic heterocycles. The first kappa shape index (κ1) is 12.9. The van der Waals surface area contributed by atoms with Crippen LogP contribution in [-0.2, 0) is 0 Å². The molecule has 0 saturated heterocycles. The van der Waals surface area contributed by atoms with Crippen molar-refractivity contribution in [2.45, 2.75) is 20.3 Å². The maximum Gasteiger partial charge on any atom is 0.261 e. The smallest absolute Gasteiger partial charge is 0.261 e. The Morgan fingerprint density at radius 2 is 1.50 bits per heavy atom. The van der Waals surface area contributed by atoms with Crippen molar-refractivity contribution in [3.63, 3.8) is 0 Å². The lowest BCUT2D eigenvalue weighted by atomic mass is 9.94. The van der Waals surface area contributed by atoms with Crippen molar-refractivity contribution in [2.75, 3.05) is 6.54 Å². The minimum atomic E-state index is -0.167. The minimum Gasteiger partial charge on any atom is -0.274 e. The number of hydrogen-bond acceptors (Lipinski definition) is 2. The number of carbonyl (C=O) groups excluding carboxylic acids is 2. The molecular weight excluding hydrogens is 250 g/mol. The lowest BCUT2D eigenvalue weighted by Gasteiger charge is -2.27. The highest BCUT2D eigenvalue weighted by Gasteiger charge is 2.32. The molecule has 2 aromatic rings. The summed E-state index contributed by atoms with van der Waals surface area (Å²) in [5, 5.41) is 1.75. The van der Waals surface area contributed by atoms with Gasteiger partial charge in [-0.15, -0.1) is 0 Å². The SMILES string of the molecule is CC(C)CCN1C(=O)c2cccc3cccc(c23)C1=O. The van der Waals surface area contributed by atoms with E-state index in [0.717, 1.165) is 17.2 Å². The quantitative estimate of drug-likeness (QED) is 0.798. The summed E-state index contributed by atoms with van der Waals surface area (Å²) in [6.07, 6.45) is 0.829. The molecule has 1 heterocycles. The van der Waals surface area contributed by atoms with Crippen LogP contribution in [-0.4, -0.2) is 23.3 Å². The van der Waals surface area contributed by atoms with Crippen LogP contribution < -0.4 is 0 Å². The molecule has 0 spiro atoms. The van der Waals surface area contributed by atoms with Crippen LogP contribution in [0.15, 0.2) is 36.4 Å². The number of hydrogen-bond donors (Lipinski definition) is 0. The summed E-state index contributed by atoms with van der Waals surface area (Å²) in [5.41, 5.74) is 1.28. The van der Waals surface area contributed by atoms with E-state index < -0.39 is 0 Å². The van der Waals surface area contributed by atoms with Crippen molar-refractivity contribution < 1.29 is 9.59 Å². The predicted octanol–water partition coefficient (Wildman–Crippen LogP) is 3.48. The lowest BCUT2D eigenvalue weighted by molar-refractivity contribution is 0.0604. The van der Waals surface area contributed by atoms with Gasteiger partial charge in [-0.2, -0.15) is 0 Å². The van der Waals surface area contributed by atoms with Gasteiger partial charge in [-0.25, -0.2) is 0 Å². The molecule has 0 unspecified atom stereocenters. The Kier molecular flexibility index (Phi) is 3.05. The molecule has 3 rings (SSSR count). The molecule has 102 valence electrons.